The molecule has 96 heavy (non-hydrogen) atoms. The maximum Gasteiger partial charge on any atom is 0.410 e. The van der Waals surface area contributed by atoms with Crippen LogP contribution in [-0.4, -0.2) is 173 Å². The number of hydrogen-bond acceptors (Lipinski definition) is 16. The van der Waals surface area contributed by atoms with Crippen LogP contribution in [0.3, 0.4) is 0 Å². The first-order valence-corrected chi connectivity index (χ1v) is 37.3. The first-order chi connectivity index (χ1) is 43.8. The molecule has 4 fully saturated rings. The third-order valence-electron chi connectivity index (χ3n) is 15.5. The molecule has 8 rings (SSSR count). The fourth-order valence-corrected chi connectivity index (χ4v) is 14.5. The molecule has 4 aliphatic heterocycles. The van der Waals surface area contributed by atoms with Gasteiger partial charge < -0.3 is 38.5 Å². The van der Waals surface area contributed by atoms with E-state index in [1.165, 1.54) is 68.1 Å². The van der Waals surface area contributed by atoms with E-state index in [0.29, 0.717) is 26.2 Å². The first kappa shape index (κ1) is 80.0. The van der Waals surface area contributed by atoms with Gasteiger partial charge in [0, 0.05) is 76.0 Å². The fourth-order valence-electron chi connectivity index (χ4n) is 11.0. The molecule has 0 saturated carbocycles. The zero-order valence-electron chi connectivity index (χ0n) is 56.1. The molecule has 8 atom stereocenters. The van der Waals surface area contributed by atoms with Gasteiger partial charge in [0.25, 0.3) is 0 Å². The van der Waals surface area contributed by atoms with E-state index in [1.54, 1.807) is 132 Å². The lowest BCUT2D eigenvalue weighted by atomic mass is 9.90. The number of benzene rings is 4. The van der Waals surface area contributed by atoms with Crippen molar-refractivity contribution in [1.29, 1.82) is 0 Å². The number of carbonyl (C=O) groups is 4. The Morgan fingerprint density at radius 3 is 0.583 bits per heavy atom. The minimum atomic E-state index is -3.81. The Hall–Kier alpha value is -6.68. The molecule has 4 aliphatic rings. The minimum Gasteiger partial charge on any atom is -0.444 e. The van der Waals surface area contributed by atoms with Crippen LogP contribution in [0.4, 0.5) is 36.7 Å². The largest absolute Gasteiger partial charge is 0.444 e. The van der Waals surface area contributed by atoms with E-state index >= 15 is 0 Å². The molecule has 0 spiro atoms. The van der Waals surface area contributed by atoms with Crippen molar-refractivity contribution in [2.24, 2.45) is 20.6 Å². The van der Waals surface area contributed by atoms with E-state index in [4.69, 9.17) is 39.5 Å². The number of amides is 4. The van der Waals surface area contributed by atoms with Crippen molar-refractivity contribution in [3.63, 3.8) is 0 Å². The van der Waals surface area contributed by atoms with Gasteiger partial charge in [-0.3, -0.25) is 0 Å². The number of primary sulfonamides is 4. The molecule has 0 bridgehead atoms. The molecule has 24 nitrogen and oxygen atoms in total. The predicted molar refractivity (Wildman–Crippen MR) is 354 cm³/mol. The lowest BCUT2D eigenvalue weighted by Crippen LogP contribution is -2.50. The van der Waals surface area contributed by atoms with Crippen molar-refractivity contribution >= 4 is 64.5 Å². The molecule has 4 saturated heterocycles. The molecule has 1 unspecified atom stereocenters. The van der Waals surface area contributed by atoms with Crippen molar-refractivity contribution < 1.29 is 89.4 Å². The van der Waals surface area contributed by atoms with E-state index in [-0.39, 0.29) is 98.8 Å². The third-order valence-corrected chi connectivity index (χ3v) is 20.6. The smallest absolute Gasteiger partial charge is 0.410 e. The summed E-state index contributed by atoms with van der Waals surface area (Å²) in [5.41, 5.74) is 0.315. The van der Waals surface area contributed by atoms with Crippen LogP contribution in [0.25, 0.3) is 0 Å². The number of piperidine rings is 4. The van der Waals surface area contributed by atoms with Crippen molar-refractivity contribution in [2.45, 2.75) is 176 Å². The Balaban J connectivity index is 0.000000231. The number of rotatable bonds is 8. The van der Waals surface area contributed by atoms with Gasteiger partial charge in [0.15, 0.2) is 0 Å². The molecule has 4 heterocycles. The van der Waals surface area contributed by atoms with Crippen molar-refractivity contribution in [1.82, 2.24) is 19.6 Å². The molecule has 0 aromatic heterocycles. The van der Waals surface area contributed by atoms with Crippen LogP contribution in [0.2, 0.25) is 0 Å². The van der Waals surface area contributed by atoms with Gasteiger partial charge in [-0.15, -0.1) is 0 Å². The Morgan fingerprint density at radius 2 is 0.458 bits per heavy atom. The molecule has 4 aromatic rings. The average molecular weight is 1430 g/mol. The molecular formula is C64H92F4N8O16S4. The molecule has 4 amide bonds. The summed E-state index contributed by atoms with van der Waals surface area (Å²) in [6.45, 7) is 22.0. The Labute approximate surface area is 561 Å². The van der Waals surface area contributed by atoms with E-state index in [2.05, 4.69) is 0 Å². The predicted octanol–water partition coefficient (Wildman–Crippen LogP) is 8.83. The highest BCUT2D eigenvalue weighted by atomic mass is 32.2. The second-order valence-electron chi connectivity index (χ2n) is 28.3. The monoisotopic (exact) mass is 1430 g/mol. The van der Waals surface area contributed by atoms with Crippen molar-refractivity contribution in [2.75, 3.05) is 52.4 Å². The molecule has 0 aliphatic carbocycles. The Kier molecular flexibility index (Phi) is 26.6. The zero-order chi connectivity index (χ0) is 72.5. The topological polar surface area (TPSA) is 359 Å². The molecule has 536 valence electrons. The number of ether oxygens (including phenoxy) is 4. The zero-order valence-corrected chi connectivity index (χ0v) is 59.4. The maximum absolute atomic E-state index is 13.1. The van der Waals surface area contributed by atoms with Gasteiger partial charge in [0.2, 0.25) is 40.1 Å². The van der Waals surface area contributed by atoms with Crippen LogP contribution < -0.4 is 20.6 Å². The molecule has 0 radical (unpaired) electrons. The summed E-state index contributed by atoms with van der Waals surface area (Å²) < 4.78 is 168. The molecule has 8 N–H and O–H groups in total. The Morgan fingerprint density at radius 1 is 0.312 bits per heavy atom. The lowest BCUT2D eigenvalue weighted by molar-refractivity contribution is 0.0191. The highest BCUT2D eigenvalue weighted by Gasteiger charge is 2.42. The van der Waals surface area contributed by atoms with Gasteiger partial charge in [0.1, 0.15) is 45.7 Å². The average Bonchev–Trinajstić information content (AvgIpc) is 0.824. The van der Waals surface area contributed by atoms with E-state index < -0.39 is 108 Å². The van der Waals surface area contributed by atoms with Crippen LogP contribution >= 0.6 is 0 Å². The summed E-state index contributed by atoms with van der Waals surface area (Å²) in [6, 6.07) is 23.3. The van der Waals surface area contributed by atoms with Crippen LogP contribution in [0.15, 0.2) is 97.1 Å². The minimum absolute atomic E-state index is 0.00849. The number of hydrogen-bond donors (Lipinski definition) is 4. The second-order valence-corrected chi connectivity index (χ2v) is 35.7. The van der Waals surface area contributed by atoms with Crippen LogP contribution in [0.1, 0.15) is 155 Å². The van der Waals surface area contributed by atoms with Gasteiger partial charge in [-0.2, -0.15) is 0 Å². The standard InChI is InChI=1S/4C16H23FN2O4S/c4*1-16(2,3)23-15(20)19-9-12(8-14(10-19)24(18,21)22)11-4-6-13(17)7-5-11/h4*4-7,12,14H,8-10H2,1-3H3,(H2,18,21,22)/t12?,14-;12-,14+;2*12-,14-/m1110/s1. The van der Waals surface area contributed by atoms with E-state index in [0.717, 1.165) is 22.3 Å². The molecule has 32 heteroatoms. The van der Waals surface area contributed by atoms with E-state index in [9.17, 15) is 70.4 Å². The summed E-state index contributed by atoms with van der Waals surface area (Å²) in [4.78, 5) is 54.7. The highest BCUT2D eigenvalue weighted by Crippen LogP contribution is 2.35. The number of nitrogens with zero attached hydrogens (tertiary/aromatic N) is 4. The van der Waals surface area contributed by atoms with E-state index in [1.807, 2.05) is 0 Å². The number of likely N-dealkylation sites (tertiary alicyclic amines) is 4. The fraction of sp³-hybridized carbons (Fsp3) is 0.562. The van der Waals surface area contributed by atoms with Crippen molar-refractivity contribution in [3.05, 3.63) is 143 Å². The van der Waals surface area contributed by atoms with Gasteiger partial charge in [-0.1, -0.05) is 48.5 Å². The molecule has 4 aromatic carbocycles. The number of nitrogens with two attached hydrogens (primary N) is 4. The van der Waals surface area contributed by atoms with Gasteiger partial charge in [0.05, 0.1) is 21.0 Å². The van der Waals surface area contributed by atoms with Gasteiger partial charge in [-0.05, 0) is 180 Å². The van der Waals surface area contributed by atoms with Crippen LogP contribution in [0, 0.1) is 23.3 Å². The quantitative estimate of drug-likeness (QED) is 0.0945. The summed E-state index contributed by atoms with van der Waals surface area (Å²) in [7, 11) is -15.2. The number of sulfonamides is 4. The third kappa shape index (κ3) is 26.3. The lowest BCUT2D eigenvalue weighted by Gasteiger charge is -2.37. The maximum atomic E-state index is 13.1. The Bertz CT molecular complexity index is 3290. The van der Waals surface area contributed by atoms with Crippen LogP contribution in [-0.2, 0) is 59.0 Å². The van der Waals surface area contributed by atoms with Gasteiger partial charge in [-0.25, -0.2) is 91.0 Å². The summed E-state index contributed by atoms with van der Waals surface area (Å²) >= 11 is 0. The summed E-state index contributed by atoms with van der Waals surface area (Å²) in [6.07, 6.45) is -1.20. The molecular weight excluding hydrogens is 1340 g/mol. The summed E-state index contributed by atoms with van der Waals surface area (Å²) in [5, 5.41) is 17.7. The first-order valence-electron chi connectivity index (χ1n) is 30.8. The second kappa shape index (κ2) is 31.9. The van der Waals surface area contributed by atoms with Crippen molar-refractivity contribution in [3.8, 4) is 0 Å². The van der Waals surface area contributed by atoms with Crippen LogP contribution in [0.5, 0.6) is 0 Å². The normalized spacial score (nSPS) is 22.3. The highest BCUT2D eigenvalue weighted by molar-refractivity contribution is 7.90. The SMILES string of the molecule is CC(C)(C)OC(=O)N1CC(c2ccc(F)cc2)C[C@@H](S(N)(=O)=O)C1.CC(C)(C)OC(=O)N1C[C@@H](c2ccc(F)cc2)C[C@H](S(N)(=O)=O)C1.CC(C)(C)OC(=O)N1C[C@H](c2ccc(F)cc2)C[C@@H](S(N)(=O)=O)C1.CC(C)(C)OC(=O)N1C[C@H](c2ccc(F)cc2)C[C@H](S(N)(=O)=O)C1. The number of carbonyl (C=O) groups excluding carboxylic acids is 4. The summed E-state index contributed by atoms with van der Waals surface area (Å²) in [5.74, 6) is -2.51. The number of halogens is 4. The van der Waals surface area contributed by atoms with Gasteiger partial charge >= 0.3 is 24.4 Å².